The number of carbonyl (C=O) groups excluding carboxylic acids is 3. The van der Waals surface area contributed by atoms with Crippen LogP contribution in [0, 0.1) is 5.82 Å². The zero-order valence-electron chi connectivity index (χ0n) is 15.8. The fourth-order valence-electron chi connectivity index (χ4n) is 2.37. The largest absolute Gasteiger partial charge is 0.484 e. The first-order chi connectivity index (χ1) is 13.4. The van der Waals surface area contributed by atoms with E-state index in [9.17, 15) is 18.8 Å². The number of halogens is 1. The lowest BCUT2D eigenvalue weighted by atomic mass is 10.0. The number of ether oxygens (including phenoxy) is 1. The predicted molar refractivity (Wildman–Crippen MR) is 103 cm³/mol. The molecule has 0 aromatic heterocycles. The zero-order chi connectivity index (χ0) is 20.5. The first kappa shape index (κ1) is 21.1. The van der Waals surface area contributed by atoms with Crippen molar-refractivity contribution >= 4 is 17.6 Å². The number of hydrogen-bond acceptors (Lipinski definition) is 4. The minimum atomic E-state index is -0.654. The van der Waals surface area contributed by atoms with Crippen LogP contribution in [0.2, 0.25) is 0 Å². The van der Waals surface area contributed by atoms with Crippen molar-refractivity contribution in [2.24, 2.45) is 0 Å². The molecule has 0 unspecified atom stereocenters. The van der Waals surface area contributed by atoms with Gasteiger partial charge in [-0.25, -0.2) is 4.39 Å². The van der Waals surface area contributed by atoms with Gasteiger partial charge >= 0.3 is 0 Å². The summed E-state index contributed by atoms with van der Waals surface area (Å²) >= 11 is 0. The fourth-order valence-corrected chi connectivity index (χ4v) is 2.37. The quantitative estimate of drug-likeness (QED) is 0.649. The molecule has 0 bridgehead atoms. The maximum absolute atomic E-state index is 13.0. The fraction of sp³-hybridized carbons (Fsp3) is 0.286. The molecule has 0 aliphatic rings. The van der Waals surface area contributed by atoms with E-state index in [2.05, 4.69) is 10.6 Å². The Morgan fingerprint density at radius 2 is 1.57 bits per heavy atom. The van der Waals surface area contributed by atoms with Crippen LogP contribution in [0.4, 0.5) is 4.39 Å². The molecular formula is C21H23FN2O4. The SMILES string of the molecule is CCCNC(=O)[C@H](C)NC(=O)COc1ccc(C(=O)c2ccc(F)cc2)cc1. The van der Waals surface area contributed by atoms with Gasteiger partial charge in [-0.05, 0) is 61.9 Å². The normalized spacial score (nSPS) is 11.4. The Balaban J connectivity index is 1.85. The molecule has 148 valence electrons. The molecule has 7 heteroatoms. The van der Waals surface area contributed by atoms with Gasteiger partial charge in [0.25, 0.3) is 5.91 Å². The molecule has 0 aliphatic carbocycles. The van der Waals surface area contributed by atoms with Gasteiger partial charge in [-0.3, -0.25) is 14.4 Å². The Bertz CT molecular complexity index is 819. The number of amides is 2. The van der Waals surface area contributed by atoms with Crippen molar-refractivity contribution in [3.05, 3.63) is 65.5 Å². The molecule has 0 heterocycles. The van der Waals surface area contributed by atoms with Crippen LogP contribution in [0.25, 0.3) is 0 Å². The molecule has 2 rings (SSSR count). The van der Waals surface area contributed by atoms with E-state index in [0.29, 0.717) is 23.4 Å². The van der Waals surface area contributed by atoms with Crippen molar-refractivity contribution in [3.8, 4) is 5.75 Å². The van der Waals surface area contributed by atoms with Gasteiger partial charge in [-0.15, -0.1) is 0 Å². The van der Waals surface area contributed by atoms with Crippen molar-refractivity contribution in [1.82, 2.24) is 10.6 Å². The van der Waals surface area contributed by atoms with Crippen LogP contribution in [0.5, 0.6) is 5.75 Å². The van der Waals surface area contributed by atoms with Crippen LogP contribution < -0.4 is 15.4 Å². The summed E-state index contributed by atoms with van der Waals surface area (Å²) in [5.74, 6) is -0.912. The monoisotopic (exact) mass is 386 g/mol. The Hall–Kier alpha value is -3.22. The molecule has 0 radical (unpaired) electrons. The highest BCUT2D eigenvalue weighted by Gasteiger charge is 2.15. The molecule has 28 heavy (non-hydrogen) atoms. The third-order valence-electron chi connectivity index (χ3n) is 3.91. The number of carbonyl (C=O) groups is 3. The van der Waals surface area contributed by atoms with E-state index in [1.54, 1.807) is 31.2 Å². The minimum Gasteiger partial charge on any atom is -0.484 e. The topological polar surface area (TPSA) is 84.5 Å². The molecule has 2 aromatic carbocycles. The van der Waals surface area contributed by atoms with Crippen molar-refractivity contribution in [2.75, 3.05) is 13.2 Å². The predicted octanol–water partition coefficient (Wildman–Crippen LogP) is 2.47. The standard InChI is InChI=1S/C21H23FN2O4/c1-3-12-23-21(27)14(2)24-19(25)13-28-18-10-6-16(7-11-18)20(26)15-4-8-17(22)9-5-15/h4-11,14H,3,12-13H2,1-2H3,(H,23,27)(H,24,25)/t14-/m0/s1. The van der Waals surface area contributed by atoms with Gasteiger partial charge in [0, 0.05) is 17.7 Å². The molecule has 6 nitrogen and oxygen atoms in total. The Kier molecular flexibility index (Phi) is 7.68. The summed E-state index contributed by atoms with van der Waals surface area (Å²) in [4.78, 5) is 36.0. The van der Waals surface area contributed by atoms with Gasteiger partial charge in [0.2, 0.25) is 5.91 Å². The molecule has 0 spiro atoms. The van der Waals surface area contributed by atoms with Crippen molar-refractivity contribution in [3.63, 3.8) is 0 Å². The minimum absolute atomic E-state index is 0.240. The van der Waals surface area contributed by atoms with Gasteiger partial charge in [0.15, 0.2) is 12.4 Å². The highest BCUT2D eigenvalue weighted by Crippen LogP contribution is 2.16. The molecule has 2 aromatic rings. The highest BCUT2D eigenvalue weighted by molar-refractivity contribution is 6.09. The van der Waals surface area contributed by atoms with Gasteiger partial charge in [-0.2, -0.15) is 0 Å². The molecule has 1 atom stereocenters. The van der Waals surface area contributed by atoms with Crippen LogP contribution in [-0.2, 0) is 9.59 Å². The summed E-state index contributed by atoms with van der Waals surface area (Å²) in [5.41, 5.74) is 0.800. The third-order valence-corrected chi connectivity index (χ3v) is 3.91. The summed E-state index contributed by atoms with van der Waals surface area (Å²) in [6.45, 7) is 3.84. The van der Waals surface area contributed by atoms with Crippen LogP contribution in [-0.4, -0.2) is 36.8 Å². The molecule has 2 N–H and O–H groups in total. The first-order valence-corrected chi connectivity index (χ1v) is 9.01. The van der Waals surface area contributed by atoms with Gasteiger partial charge in [0.05, 0.1) is 0 Å². The van der Waals surface area contributed by atoms with E-state index < -0.39 is 17.8 Å². The van der Waals surface area contributed by atoms with Crippen molar-refractivity contribution in [2.45, 2.75) is 26.3 Å². The van der Waals surface area contributed by atoms with Crippen LogP contribution in [0.3, 0.4) is 0 Å². The lowest BCUT2D eigenvalue weighted by molar-refractivity contribution is -0.129. The van der Waals surface area contributed by atoms with E-state index in [1.807, 2.05) is 6.92 Å². The molecule has 0 aliphatic heterocycles. The summed E-state index contributed by atoms with van der Waals surface area (Å²) in [7, 11) is 0. The number of rotatable bonds is 9. The Morgan fingerprint density at radius 1 is 1.00 bits per heavy atom. The molecule has 0 fully saturated rings. The molecule has 0 saturated carbocycles. The lowest BCUT2D eigenvalue weighted by Gasteiger charge is -2.14. The van der Waals surface area contributed by atoms with Crippen molar-refractivity contribution < 1.29 is 23.5 Å². The second-order valence-corrected chi connectivity index (χ2v) is 6.23. The number of hydrogen-bond donors (Lipinski definition) is 2. The Labute approximate surface area is 163 Å². The van der Waals surface area contributed by atoms with Gasteiger partial charge < -0.3 is 15.4 Å². The lowest BCUT2D eigenvalue weighted by Crippen LogP contribution is -2.46. The average Bonchev–Trinajstić information content (AvgIpc) is 2.70. The number of ketones is 1. The van der Waals surface area contributed by atoms with Gasteiger partial charge in [0.1, 0.15) is 17.6 Å². The van der Waals surface area contributed by atoms with Gasteiger partial charge in [-0.1, -0.05) is 6.92 Å². The first-order valence-electron chi connectivity index (χ1n) is 9.01. The smallest absolute Gasteiger partial charge is 0.258 e. The van der Waals surface area contributed by atoms with Crippen LogP contribution in [0.15, 0.2) is 48.5 Å². The van der Waals surface area contributed by atoms with E-state index >= 15 is 0 Å². The second-order valence-electron chi connectivity index (χ2n) is 6.23. The van der Waals surface area contributed by atoms with E-state index in [-0.39, 0.29) is 18.3 Å². The average molecular weight is 386 g/mol. The van der Waals surface area contributed by atoms with Crippen LogP contribution in [0.1, 0.15) is 36.2 Å². The summed E-state index contributed by atoms with van der Waals surface area (Å²) < 4.78 is 18.3. The maximum Gasteiger partial charge on any atom is 0.258 e. The number of nitrogens with one attached hydrogen (secondary N) is 2. The third kappa shape index (κ3) is 6.19. The number of benzene rings is 2. The molecule has 0 saturated heterocycles. The van der Waals surface area contributed by atoms with E-state index in [4.69, 9.17) is 4.74 Å². The van der Waals surface area contributed by atoms with E-state index in [0.717, 1.165) is 6.42 Å². The van der Waals surface area contributed by atoms with Crippen LogP contribution >= 0.6 is 0 Å². The summed E-state index contributed by atoms with van der Waals surface area (Å²) in [6, 6.07) is 10.9. The second kappa shape index (κ2) is 10.2. The Morgan fingerprint density at radius 3 is 2.14 bits per heavy atom. The molecular weight excluding hydrogens is 363 g/mol. The maximum atomic E-state index is 13.0. The van der Waals surface area contributed by atoms with Crippen molar-refractivity contribution in [1.29, 1.82) is 0 Å². The zero-order valence-corrected chi connectivity index (χ0v) is 15.8. The van der Waals surface area contributed by atoms with E-state index in [1.165, 1.54) is 24.3 Å². The summed E-state index contributed by atoms with van der Waals surface area (Å²) in [5, 5.41) is 5.25. The molecule has 2 amide bonds. The summed E-state index contributed by atoms with van der Waals surface area (Å²) in [6.07, 6.45) is 0.815. The highest BCUT2D eigenvalue weighted by atomic mass is 19.1.